The number of carbonyl (C=O) groups is 1. The molecule has 0 aromatic carbocycles. The monoisotopic (exact) mass is 324 g/mol. The predicted octanol–water partition coefficient (Wildman–Crippen LogP) is 2.30. The minimum atomic E-state index is 0. The van der Waals surface area contributed by atoms with Crippen molar-refractivity contribution in [2.24, 2.45) is 0 Å². The van der Waals surface area contributed by atoms with Crippen molar-refractivity contribution in [2.45, 2.75) is 25.4 Å². The van der Waals surface area contributed by atoms with E-state index in [4.69, 9.17) is 0 Å². The summed E-state index contributed by atoms with van der Waals surface area (Å²) < 4.78 is 1.08. The first kappa shape index (κ1) is 14.0. The summed E-state index contributed by atoms with van der Waals surface area (Å²) in [5.41, 5.74) is 0. The smallest absolute Gasteiger partial charge is 0.237 e. The molecule has 1 aliphatic heterocycles. The molecule has 0 bridgehead atoms. The average molecular weight is 326 g/mol. The molecule has 0 spiro atoms. The van der Waals surface area contributed by atoms with Crippen molar-refractivity contribution in [3.05, 3.63) is 20.8 Å². The quantitative estimate of drug-likeness (QED) is 0.895. The lowest BCUT2D eigenvalue weighted by atomic mass is 10.2. The maximum absolute atomic E-state index is 11.7. The van der Waals surface area contributed by atoms with Crippen LogP contribution in [0.3, 0.4) is 0 Å². The van der Waals surface area contributed by atoms with E-state index < -0.39 is 0 Å². The van der Waals surface area contributed by atoms with Gasteiger partial charge >= 0.3 is 0 Å². The zero-order valence-corrected chi connectivity index (χ0v) is 11.9. The zero-order chi connectivity index (χ0) is 10.7. The van der Waals surface area contributed by atoms with Gasteiger partial charge < -0.3 is 10.6 Å². The second kappa shape index (κ2) is 6.59. The number of rotatable bonds is 3. The first-order valence-electron chi connectivity index (χ1n) is 5.00. The highest BCUT2D eigenvalue weighted by Crippen LogP contribution is 2.22. The maximum Gasteiger partial charge on any atom is 0.237 e. The Balaban J connectivity index is 0.00000128. The van der Waals surface area contributed by atoms with Crippen LogP contribution >= 0.6 is 39.7 Å². The minimum Gasteiger partial charge on any atom is -0.350 e. The molecule has 2 rings (SSSR count). The van der Waals surface area contributed by atoms with Gasteiger partial charge in [-0.25, -0.2) is 0 Å². The van der Waals surface area contributed by atoms with E-state index in [0.29, 0.717) is 6.54 Å². The van der Waals surface area contributed by atoms with E-state index in [9.17, 15) is 4.79 Å². The zero-order valence-electron chi connectivity index (χ0n) is 8.66. The van der Waals surface area contributed by atoms with Crippen LogP contribution in [-0.2, 0) is 11.3 Å². The Bertz CT molecular complexity index is 352. The number of thiophene rings is 1. The van der Waals surface area contributed by atoms with E-state index in [1.54, 1.807) is 11.3 Å². The van der Waals surface area contributed by atoms with Crippen LogP contribution in [0.1, 0.15) is 17.7 Å². The van der Waals surface area contributed by atoms with Crippen molar-refractivity contribution < 1.29 is 4.79 Å². The Morgan fingerprint density at radius 2 is 2.50 bits per heavy atom. The van der Waals surface area contributed by atoms with E-state index in [0.717, 1.165) is 23.9 Å². The summed E-state index contributed by atoms with van der Waals surface area (Å²) in [5.74, 6) is 0.118. The second-order valence-corrected chi connectivity index (χ2v) is 5.41. The average Bonchev–Trinajstić information content (AvgIpc) is 2.85. The number of hydrogen-bond donors (Lipinski definition) is 2. The third-order valence-corrected chi connectivity index (χ3v) is 4.42. The van der Waals surface area contributed by atoms with Gasteiger partial charge in [0, 0.05) is 9.35 Å². The highest BCUT2D eigenvalue weighted by Gasteiger charge is 2.21. The van der Waals surface area contributed by atoms with Crippen LogP contribution in [-0.4, -0.2) is 18.5 Å². The van der Waals surface area contributed by atoms with E-state index in [1.807, 2.05) is 11.4 Å². The third kappa shape index (κ3) is 3.45. The van der Waals surface area contributed by atoms with Gasteiger partial charge in [-0.1, -0.05) is 0 Å². The molecule has 3 nitrogen and oxygen atoms in total. The fourth-order valence-electron chi connectivity index (χ4n) is 1.65. The van der Waals surface area contributed by atoms with Gasteiger partial charge in [-0.3, -0.25) is 4.79 Å². The molecule has 16 heavy (non-hydrogen) atoms. The molecule has 1 atom stereocenters. The fourth-order valence-corrected chi connectivity index (χ4v) is 3.08. The lowest BCUT2D eigenvalue weighted by Gasteiger charge is -2.10. The molecular formula is C10H14BrClN2OS. The molecule has 1 aromatic rings. The maximum atomic E-state index is 11.7. The van der Waals surface area contributed by atoms with Gasteiger partial charge in [0.25, 0.3) is 0 Å². The molecule has 0 aliphatic carbocycles. The van der Waals surface area contributed by atoms with Crippen molar-refractivity contribution in [1.29, 1.82) is 0 Å². The Morgan fingerprint density at radius 3 is 3.06 bits per heavy atom. The lowest BCUT2D eigenvalue weighted by molar-refractivity contribution is -0.122. The largest absolute Gasteiger partial charge is 0.350 e. The van der Waals surface area contributed by atoms with E-state index >= 15 is 0 Å². The molecule has 1 fully saturated rings. The molecule has 6 heteroatoms. The van der Waals surface area contributed by atoms with Gasteiger partial charge in [0.2, 0.25) is 5.91 Å². The summed E-state index contributed by atoms with van der Waals surface area (Å²) in [5, 5.41) is 8.14. The predicted molar refractivity (Wildman–Crippen MR) is 72.1 cm³/mol. The van der Waals surface area contributed by atoms with Crippen LogP contribution in [0.4, 0.5) is 0 Å². The van der Waals surface area contributed by atoms with Gasteiger partial charge in [0.15, 0.2) is 0 Å². The molecule has 1 aromatic heterocycles. The van der Waals surface area contributed by atoms with Crippen LogP contribution in [0.15, 0.2) is 15.9 Å². The van der Waals surface area contributed by atoms with Crippen LogP contribution in [0.2, 0.25) is 0 Å². The van der Waals surface area contributed by atoms with E-state index in [2.05, 4.69) is 26.6 Å². The van der Waals surface area contributed by atoms with Crippen molar-refractivity contribution in [2.75, 3.05) is 6.54 Å². The SMILES string of the molecule is Cl.O=C(NCc1sccc1Br)[C@@H]1CCCN1. The number of halogens is 2. The topological polar surface area (TPSA) is 41.1 Å². The number of carbonyl (C=O) groups excluding carboxylic acids is 1. The number of amides is 1. The lowest BCUT2D eigenvalue weighted by Crippen LogP contribution is -2.39. The standard InChI is InChI=1S/C10H13BrN2OS.ClH/c11-7-3-5-15-9(7)6-13-10(14)8-2-1-4-12-8;/h3,5,8,12H,1-2,4,6H2,(H,13,14);1H/t8-;/m0./s1. The summed E-state index contributed by atoms with van der Waals surface area (Å²) in [6.45, 7) is 1.58. The van der Waals surface area contributed by atoms with Gasteiger partial charge in [0.05, 0.1) is 12.6 Å². The van der Waals surface area contributed by atoms with Crippen LogP contribution in [0, 0.1) is 0 Å². The number of hydrogen-bond acceptors (Lipinski definition) is 3. The van der Waals surface area contributed by atoms with Crippen molar-refractivity contribution in [3.63, 3.8) is 0 Å². The summed E-state index contributed by atoms with van der Waals surface area (Å²) in [6, 6.07) is 2.02. The molecule has 1 aliphatic rings. The normalized spacial score (nSPS) is 19.2. The molecule has 2 heterocycles. The fraction of sp³-hybridized carbons (Fsp3) is 0.500. The van der Waals surface area contributed by atoms with Gasteiger partial charge in [0.1, 0.15) is 0 Å². The summed E-state index contributed by atoms with van der Waals surface area (Å²) in [6.07, 6.45) is 2.05. The first-order valence-corrected chi connectivity index (χ1v) is 6.67. The molecule has 0 saturated carbocycles. The minimum absolute atomic E-state index is 0. The van der Waals surface area contributed by atoms with E-state index in [-0.39, 0.29) is 24.4 Å². The van der Waals surface area contributed by atoms with Crippen LogP contribution in [0.5, 0.6) is 0 Å². The summed E-state index contributed by atoms with van der Waals surface area (Å²) in [4.78, 5) is 12.8. The number of nitrogens with one attached hydrogen (secondary N) is 2. The molecule has 0 radical (unpaired) electrons. The Morgan fingerprint density at radius 1 is 1.69 bits per heavy atom. The first-order chi connectivity index (χ1) is 7.27. The molecule has 90 valence electrons. The molecule has 0 unspecified atom stereocenters. The third-order valence-electron chi connectivity index (χ3n) is 2.49. The van der Waals surface area contributed by atoms with Gasteiger partial charge in [-0.15, -0.1) is 23.7 Å². The van der Waals surface area contributed by atoms with Gasteiger partial charge in [-0.2, -0.15) is 0 Å². The van der Waals surface area contributed by atoms with Crippen molar-refractivity contribution in [3.8, 4) is 0 Å². The second-order valence-electron chi connectivity index (χ2n) is 3.56. The van der Waals surface area contributed by atoms with Crippen molar-refractivity contribution >= 4 is 45.6 Å². The summed E-state index contributed by atoms with van der Waals surface area (Å²) in [7, 11) is 0. The molecular weight excluding hydrogens is 312 g/mol. The Labute approximate surface area is 114 Å². The Hall–Kier alpha value is -0.100. The molecule has 2 N–H and O–H groups in total. The molecule has 1 amide bonds. The van der Waals surface area contributed by atoms with E-state index in [1.165, 1.54) is 4.88 Å². The van der Waals surface area contributed by atoms with Crippen molar-refractivity contribution in [1.82, 2.24) is 10.6 Å². The highest BCUT2D eigenvalue weighted by molar-refractivity contribution is 9.10. The van der Waals surface area contributed by atoms with Crippen LogP contribution < -0.4 is 10.6 Å². The highest BCUT2D eigenvalue weighted by atomic mass is 79.9. The molecule has 1 saturated heterocycles. The Kier molecular flexibility index (Phi) is 5.75. The summed E-state index contributed by atoms with van der Waals surface area (Å²) >= 11 is 5.10. The van der Waals surface area contributed by atoms with Gasteiger partial charge in [-0.05, 0) is 46.8 Å². The van der Waals surface area contributed by atoms with Crippen LogP contribution in [0.25, 0.3) is 0 Å².